The minimum absolute atomic E-state index is 0.939. The molecule has 2 nitrogen and oxygen atoms in total. The summed E-state index contributed by atoms with van der Waals surface area (Å²) in [6.45, 7) is 0. The maximum atomic E-state index is 5.25. The van der Waals surface area contributed by atoms with Gasteiger partial charge in [-0.1, -0.05) is 109 Å². The Morgan fingerprint density at radius 1 is 0.295 bits per heavy atom. The van der Waals surface area contributed by atoms with Crippen molar-refractivity contribution in [3.8, 4) is 55.9 Å². The topological polar surface area (TPSA) is 25.8 Å². The second-order valence-electron chi connectivity index (χ2n) is 11.1. The number of aromatic nitrogens is 2. The molecule has 0 amide bonds. The van der Waals surface area contributed by atoms with Crippen LogP contribution in [-0.4, -0.2) is 9.97 Å². The average molecular weight is 561 g/mol. The molecule has 0 fully saturated rings. The van der Waals surface area contributed by atoms with E-state index in [0.717, 1.165) is 44.8 Å². The summed E-state index contributed by atoms with van der Waals surface area (Å²) in [6, 6.07) is 56.2. The highest BCUT2D eigenvalue weighted by atomic mass is 14.7. The van der Waals surface area contributed by atoms with E-state index in [2.05, 4.69) is 157 Å². The molecule has 8 aromatic rings. The van der Waals surface area contributed by atoms with Crippen LogP contribution in [0.5, 0.6) is 0 Å². The Hall–Kier alpha value is -5.86. The van der Waals surface area contributed by atoms with Crippen LogP contribution < -0.4 is 0 Å². The molecular formula is C42H28N2. The third-order valence-corrected chi connectivity index (χ3v) is 8.32. The Balaban J connectivity index is 1.36. The van der Waals surface area contributed by atoms with Crippen molar-refractivity contribution in [3.05, 3.63) is 170 Å². The van der Waals surface area contributed by atoms with Crippen molar-refractivity contribution >= 4 is 21.5 Å². The third kappa shape index (κ3) is 4.93. The van der Waals surface area contributed by atoms with Gasteiger partial charge in [0.15, 0.2) is 0 Å². The van der Waals surface area contributed by atoms with E-state index < -0.39 is 0 Å². The quantitative estimate of drug-likeness (QED) is 0.196. The normalized spacial score (nSPS) is 11.2. The minimum atomic E-state index is 0.939. The van der Waals surface area contributed by atoms with Gasteiger partial charge in [-0.05, 0) is 103 Å². The third-order valence-electron chi connectivity index (χ3n) is 8.32. The summed E-state index contributed by atoms with van der Waals surface area (Å²) in [5, 5.41) is 5.01. The molecule has 0 aliphatic heterocycles. The summed E-state index contributed by atoms with van der Waals surface area (Å²) >= 11 is 0. The zero-order valence-electron chi connectivity index (χ0n) is 24.1. The molecule has 2 aromatic heterocycles. The maximum Gasteiger partial charge on any atom is 0.0716 e. The lowest BCUT2D eigenvalue weighted by atomic mass is 9.92. The van der Waals surface area contributed by atoms with Crippen LogP contribution in [0.3, 0.4) is 0 Å². The molecule has 0 atom stereocenters. The molecule has 206 valence electrons. The molecule has 2 heterocycles. The van der Waals surface area contributed by atoms with E-state index in [1.165, 1.54) is 32.7 Å². The largest absolute Gasteiger partial charge is 0.265 e. The number of pyridine rings is 2. The van der Waals surface area contributed by atoms with E-state index in [1.54, 1.807) is 0 Å². The van der Waals surface area contributed by atoms with Gasteiger partial charge in [0, 0.05) is 23.5 Å². The van der Waals surface area contributed by atoms with Crippen molar-refractivity contribution in [2.75, 3.05) is 0 Å². The molecule has 0 N–H and O–H groups in total. The first kappa shape index (κ1) is 25.8. The number of benzene rings is 6. The molecule has 0 saturated heterocycles. The number of nitrogens with zero attached hydrogens (tertiary/aromatic N) is 2. The van der Waals surface area contributed by atoms with Crippen LogP contribution in [0.25, 0.3) is 77.4 Å². The molecule has 0 saturated carbocycles. The second-order valence-corrected chi connectivity index (χ2v) is 11.1. The first-order valence-electron chi connectivity index (χ1n) is 14.9. The lowest BCUT2D eigenvalue weighted by Crippen LogP contribution is -1.93. The number of hydrogen-bond acceptors (Lipinski definition) is 2. The summed E-state index contributed by atoms with van der Waals surface area (Å²) < 4.78 is 0. The van der Waals surface area contributed by atoms with Crippen molar-refractivity contribution in [3.63, 3.8) is 0 Å². The fraction of sp³-hybridized carbons (Fsp3) is 0. The Labute approximate surface area is 257 Å². The second kappa shape index (κ2) is 11.1. The van der Waals surface area contributed by atoms with Crippen molar-refractivity contribution in [2.24, 2.45) is 0 Å². The fourth-order valence-electron chi connectivity index (χ4n) is 6.07. The van der Waals surface area contributed by atoms with Gasteiger partial charge < -0.3 is 0 Å². The molecule has 0 aliphatic rings. The summed E-state index contributed by atoms with van der Waals surface area (Å²) in [7, 11) is 0. The van der Waals surface area contributed by atoms with Crippen LogP contribution >= 0.6 is 0 Å². The minimum Gasteiger partial charge on any atom is -0.265 e. The molecule has 44 heavy (non-hydrogen) atoms. The van der Waals surface area contributed by atoms with Crippen molar-refractivity contribution < 1.29 is 0 Å². The molecular weight excluding hydrogens is 532 g/mol. The molecule has 2 heteroatoms. The highest BCUT2D eigenvalue weighted by Gasteiger charge is 2.13. The predicted octanol–water partition coefficient (Wildman–Crippen LogP) is 11.1. The standard InChI is InChI=1S/C42H28N2/c1-3-9-29(10-4-1)37-27-41(33-12-5-2-6-13-33)44-42(28-37)38-24-35(30-19-21-43-22-20-30)23-36(25-38)34-18-17-32-16-15-31-11-7-8-14-39(31)40(32)26-34/h1-28H. The predicted molar refractivity (Wildman–Crippen MR) is 184 cm³/mol. The average Bonchev–Trinajstić information content (AvgIpc) is 3.12. The van der Waals surface area contributed by atoms with Gasteiger partial charge in [0.1, 0.15) is 0 Å². The zero-order chi connectivity index (χ0) is 29.3. The Bertz CT molecular complexity index is 2200. The number of hydrogen-bond donors (Lipinski definition) is 0. The van der Waals surface area contributed by atoms with E-state index in [0.29, 0.717) is 0 Å². The Kier molecular flexibility index (Phi) is 6.51. The summed E-state index contributed by atoms with van der Waals surface area (Å²) in [5.74, 6) is 0. The first-order chi connectivity index (χ1) is 21.8. The van der Waals surface area contributed by atoms with Crippen LogP contribution in [0.4, 0.5) is 0 Å². The monoisotopic (exact) mass is 560 g/mol. The van der Waals surface area contributed by atoms with Gasteiger partial charge in [0.2, 0.25) is 0 Å². The van der Waals surface area contributed by atoms with Gasteiger partial charge in [-0.3, -0.25) is 4.98 Å². The molecule has 0 bridgehead atoms. The van der Waals surface area contributed by atoms with E-state index >= 15 is 0 Å². The molecule has 8 rings (SSSR count). The SMILES string of the molecule is c1ccc(-c2cc(-c3ccccc3)nc(-c3cc(-c4ccncc4)cc(-c4ccc5ccc6ccccc6c5c4)c3)c2)cc1. The number of fused-ring (bicyclic) bond motifs is 3. The van der Waals surface area contributed by atoms with Crippen LogP contribution in [-0.2, 0) is 0 Å². The van der Waals surface area contributed by atoms with Gasteiger partial charge in [0.05, 0.1) is 11.4 Å². The Morgan fingerprint density at radius 3 is 1.57 bits per heavy atom. The summed E-state index contributed by atoms with van der Waals surface area (Å²) in [6.07, 6.45) is 3.71. The lowest BCUT2D eigenvalue weighted by Gasteiger charge is -2.14. The smallest absolute Gasteiger partial charge is 0.0716 e. The van der Waals surface area contributed by atoms with E-state index in [4.69, 9.17) is 4.98 Å². The molecule has 0 radical (unpaired) electrons. The highest BCUT2D eigenvalue weighted by Crippen LogP contribution is 2.37. The zero-order valence-corrected chi connectivity index (χ0v) is 24.1. The van der Waals surface area contributed by atoms with E-state index in [-0.39, 0.29) is 0 Å². The Morgan fingerprint density at radius 2 is 0.818 bits per heavy atom. The van der Waals surface area contributed by atoms with E-state index in [1.807, 2.05) is 18.5 Å². The van der Waals surface area contributed by atoms with Crippen LogP contribution in [0.15, 0.2) is 170 Å². The molecule has 0 aliphatic carbocycles. The maximum absolute atomic E-state index is 5.25. The van der Waals surface area contributed by atoms with Gasteiger partial charge in [-0.15, -0.1) is 0 Å². The van der Waals surface area contributed by atoms with Gasteiger partial charge in [-0.25, -0.2) is 4.98 Å². The van der Waals surface area contributed by atoms with Crippen molar-refractivity contribution in [1.29, 1.82) is 0 Å². The van der Waals surface area contributed by atoms with Gasteiger partial charge >= 0.3 is 0 Å². The summed E-state index contributed by atoms with van der Waals surface area (Å²) in [5.41, 5.74) is 10.9. The van der Waals surface area contributed by atoms with E-state index in [9.17, 15) is 0 Å². The molecule has 6 aromatic carbocycles. The van der Waals surface area contributed by atoms with Gasteiger partial charge in [0.25, 0.3) is 0 Å². The first-order valence-corrected chi connectivity index (χ1v) is 14.9. The highest BCUT2D eigenvalue weighted by molar-refractivity contribution is 6.08. The molecule has 0 unspecified atom stereocenters. The molecule has 0 spiro atoms. The lowest BCUT2D eigenvalue weighted by molar-refractivity contribution is 1.32. The van der Waals surface area contributed by atoms with Crippen LogP contribution in [0.1, 0.15) is 0 Å². The van der Waals surface area contributed by atoms with Crippen LogP contribution in [0.2, 0.25) is 0 Å². The van der Waals surface area contributed by atoms with Crippen molar-refractivity contribution in [2.45, 2.75) is 0 Å². The number of rotatable bonds is 5. The van der Waals surface area contributed by atoms with Crippen molar-refractivity contribution in [1.82, 2.24) is 9.97 Å². The van der Waals surface area contributed by atoms with Crippen LogP contribution in [0, 0.1) is 0 Å². The summed E-state index contributed by atoms with van der Waals surface area (Å²) in [4.78, 5) is 9.52. The van der Waals surface area contributed by atoms with Gasteiger partial charge in [-0.2, -0.15) is 0 Å². The fourth-order valence-corrected chi connectivity index (χ4v) is 6.07.